The number of nitrogen functional groups attached to an aromatic ring is 1. The number of amides is 1. The van der Waals surface area contributed by atoms with E-state index >= 15 is 0 Å². The van der Waals surface area contributed by atoms with Crippen molar-refractivity contribution < 1.29 is 34.5 Å². The van der Waals surface area contributed by atoms with Crippen molar-refractivity contribution in [1.82, 2.24) is 47.0 Å². The zero-order valence-corrected chi connectivity index (χ0v) is 30.1. The number of aliphatic hydroxyl groups excluding tert-OH is 1. The summed E-state index contributed by atoms with van der Waals surface area (Å²) in [5.41, 5.74) is 11.6. The normalized spacial score (nSPS) is 19.5. The van der Waals surface area contributed by atoms with Crippen LogP contribution in [0.3, 0.4) is 0 Å². The molecule has 3 aromatic rings. The molecule has 1 aromatic carbocycles. The second-order valence-corrected chi connectivity index (χ2v) is 13.2. The summed E-state index contributed by atoms with van der Waals surface area (Å²) >= 11 is 0. The van der Waals surface area contributed by atoms with E-state index in [1.165, 1.54) is 18.3 Å². The maximum atomic E-state index is 12.9. The van der Waals surface area contributed by atoms with E-state index in [-0.39, 0.29) is 48.6 Å². The lowest BCUT2D eigenvalue weighted by Gasteiger charge is -2.29. The number of carboxylic acids is 1. The molecule has 0 bridgehead atoms. The minimum absolute atomic E-state index is 0.0329. The van der Waals surface area contributed by atoms with Gasteiger partial charge < -0.3 is 31.9 Å². The number of carboxylic acid groups (broad SMARTS) is 1. The standard InChI is InChI=1S/C32H47N13O8/c1-18-31(2,3)44-51-15-14-37-32(4,5)23(43-53-45-52-42-18)12-13-34-24(46)11-10-22(29(49)50)39-27(47)19-6-8-20(9-7-19)35-16-21-17-36-26-25(38-21)28(48)41-30(33)40-26/h6-9,17,22,24,34-35,37,44-46H,10-16H2,1-5H3,(H,39,47)(H,49,50)(H3,33,36,40,41,48)/b42-18+,43-23+. The summed E-state index contributed by atoms with van der Waals surface area (Å²) in [5.74, 6) is -1.89. The molecular weight excluding hydrogens is 694 g/mol. The van der Waals surface area contributed by atoms with Crippen LogP contribution in [0, 0.1) is 0 Å². The Balaban J connectivity index is 1.24. The van der Waals surface area contributed by atoms with Crippen LogP contribution >= 0.6 is 0 Å². The van der Waals surface area contributed by atoms with Gasteiger partial charge in [0.2, 0.25) is 5.95 Å². The van der Waals surface area contributed by atoms with Gasteiger partial charge in [-0.05, 0) is 71.7 Å². The Morgan fingerprint density at radius 3 is 2.53 bits per heavy atom. The monoisotopic (exact) mass is 741 g/mol. The molecule has 0 radical (unpaired) electrons. The number of aliphatic carboxylic acids is 1. The molecule has 21 heteroatoms. The highest BCUT2D eigenvalue weighted by molar-refractivity contribution is 5.97. The van der Waals surface area contributed by atoms with Crippen molar-refractivity contribution in [3.63, 3.8) is 0 Å². The Morgan fingerprint density at radius 2 is 1.79 bits per heavy atom. The number of rotatable bonds is 13. The van der Waals surface area contributed by atoms with E-state index in [4.69, 9.17) is 20.4 Å². The summed E-state index contributed by atoms with van der Waals surface area (Å²) in [5, 5.41) is 40.4. The third-order valence-corrected chi connectivity index (χ3v) is 8.32. The number of benzene rings is 1. The van der Waals surface area contributed by atoms with E-state index in [0.717, 1.165) is 0 Å². The number of hydrogen-bond donors (Lipinski definition) is 10. The van der Waals surface area contributed by atoms with Crippen molar-refractivity contribution in [2.45, 2.75) is 83.8 Å². The quantitative estimate of drug-likeness (QED) is 0.103. The molecule has 0 spiro atoms. The SMILES string of the molecule is C/C1=N\ONO/N=C(\CCNC(O)CCC(NC(=O)c2ccc(NCc3cnc4nc(N)[nH]c(=O)c4n3)cc2)C(=O)O)C(C)(C)NCCONC1(C)C. The molecule has 21 nitrogen and oxygen atoms in total. The van der Waals surface area contributed by atoms with Gasteiger partial charge in [-0.1, -0.05) is 10.3 Å². The van der Waals surface area contributed by atoms with Gasteiger partial charge >= 0.3 is 5.97 Å². The molecule has 288 valence electrons. The number of anilines is 2. The van der Waals surface area contributed by atoms with E-state index in [1.807, 2.05) is 27.7 Å². The third kappa shape index (κ3) is 12.1. The van der Waals surface area contributed by atoms with Crippen molar-refractivity contribution >= 4 is 46.1 Å². The average Bonchev–Trinajstić information content (AvgIpc) is 3.10. The molecule has 0 fully saturated rings. The van der Waals surface area contributed by atoms with Gasteiger partial charge in [-0.15, -0.1) is 0 Å². The van der Waals surface area contributed by atoms with Crippen LogP contribution < -0.4 is 43.7 Å². The van der Waals surface area contributed by atoms with Crippen LogP contribution in [0.2, 0.25) is 0 Å². The number of H-pyrrole nitrogens is 1. The van der Waals surface area contributed by atoms with Gasteiger partial charge in [0.05, 0.1) is 53.2 Å². The molecule has 1 amide bonds. The molecule has 4 rings (SSSR count). The van der Waals surface area contributed by atoms with Crippen molar-refractivity contribution in [1.29, 1.82) is 0 Å². The molecule has 2 unspecified atom stereocenters. The summed E-state index contributed by atoms with van der Waals surface area (Å²) in [4.78, 5) is 67.4. The molecule has 1 aliphatic heterocycles. The lowest BCUT2D eigenvalue weighted by Crippen LogP contribution is -2.51. The number of nitrogens with zero attached hydrogens (tertiary/aromatic N) is 5. The zero-order valence-electron chi connectivity index (χ0n) is 30.1. The summed E-state index contributed by atoms with van der Waals surface area (Å²) < 4.78 is 0. The minimum atomic E-state index is -1.25. The Hall–Kier alpha value is -5.32. The van der Waals surface area contributed by atoms with Crippen LogP contribution in [0.25, 0.3) is 11.2 Å². The average molecular weight is 742 g/mol. The number of nitrogens with one attached hydrogen (secondary N) is 7. The molecule has 53 heavy (non-hydrogen) atoms. The molecule has 0 saturated carbocycles. The Morgan fingerprint density at radius 1 is 1.06 bits per heavy atom. The number of oxime groups is 2. The number of carbonyl (C=O) groups is 2. The van der Waals surface area contributed by atoms with Crippen LogP contribution in [0.5, 0.6) is 0 Å². The van der Waals surface area contributed by atoms with Gasteiger partial charge in [-0.3, -0.25) is 34.6 Å². The first-order valence-electron chi connectivity index (χ1n) is 16.8. The van der Waals surface area contributed by atoms with E-state index in [1.54, 1.807) is 19.1 Å². The number of aromatic nitrogens is 4. The fraction of sp³-hybridized carbons (Fsp3) is 0.500. The number of aromatic amines is 1. The maximum Gasteiger partial charge on any atom is 0.326 e. The summed E-state index contributed by atoms with van der Waals surface area (Å²) in [7, 11) is 0. The minimum Gasteiger partial charge on any atom is -0.480 e. The van der Waals surface area contributed by atoms with Crippen LogP contribution in [0.15, 0.2) is 45.6 Å². The Labute approximate surface area is 304 Å². The molecule has 11 N–H and O–H groups in total. The lowest BCUT2D eigenvalue weighted by atomic mass is 9.95. The van der Waals surface area contributed by atoms with E-state index < -0.39 is 40.8 Å². The second-order valence-electron chi connectivity index (χ2n) is 13.2. The number of aliphatic hydroxyl groups is 1. The molecule has 0 aliphatic carbocycles. The first-order valence-corrected chi connectivity index (χ1v) is 16.8. The summed E-state index contributed by atoms with van der Waals surface area (Å²) in [6, 6.07) is 5.10. The zero-order chi connectivity index (χ0) is 38.6. The number of hydrogen-bond acceptors (Lipinski definition) is 18. The highest BCUT2D eigenvalue weighted by atomic mass is 17.0. The van der Waals surface area contributed by atoms with Crippen LogP contribution in [-0.2, 0) is 26.1 Å². The van der Waals surface area contributed by atoms with Gasteiger partial charge in [-0.25, -0.2) is 14.8 Å². The molecular formula is C32H47N13O8. The molecule has 2 aromatic heterocycles. The van der Waals surface area contributed by atoms with Crippen molar-refractivity contribution in [2.24, 2.45) is 10.3 Å². The van der Waals surface area contributed by atoms with Crippen molar-refractivity contribution in [3.8, 4) is 0 Å². The fourth-order valence-corrected chi connectivity index (χ4v) is 4.86. The predicted octanol–water partition coefficient (Wildman–Crippen LogP) is 0.0350. The van der Waals surface area contributed by atoms with E-state index in [2.05, 4.69) is 62.6 Å². The highest BCUT2D eigenvalue weighted by Gasteiger charge is 2.27. The van der Waals surface area contributed by atoms with Crippen LogP contribution in [-0.4, -0.2) is 96.5 Å². The topological polar surface area (TPSA) is 297 Å². The predicted molar refractivity (Wildman–Crippen MR) is 194 cm³/mol. The number of fused-ring (bicyclic) bond motifs is 1. The van der Waals surface area contributed by atoms with Gasteiger partial charge in [0.1, 0.15) is 12.3 Å². The van der Waals surface area contributed by atoms with Gasteiger partial charge in [-0.2, -0.15) is 10.5 Å². The Bertz CT molecular complexity index is 1830. The van der Waals surface area contributed by atoms with Crippen molar-refractivity contribution in [3.05, 3.63) is 52.1 Å². The highest BCUT2D eigenvalue weighted by Crippen LogP contribution is 2.14. The largest absolute Gasteiger partial charge is 0.480 e. The molecule has 1 aliphatic rings. The number of carbonyl (C=O) groups excluding carboxylic acids is 1. The fourth-order valence-electron chi connectivity index (χ4n) is 4.86. The number of nitrogens with two attached hydrogens (primary N) is 1. The molecule has 0 saturated heterocycles. The number of hydroxylamine groups is 1. The maximum absolute atomic E-state index is 12.9. The Kier molecular flexibility index (Phi) is 14.1. The first-order chi connectivity index (χ1) is 25.1. The summed E-state index contributed by atoms with van der Waals surface area (Å²) in [6.45, 7) is 10.6. The van der Waals surface area contributed by atoms with Gasteiger partial charge in [0, 0.05) is 30.8 Å². The third-order valence-electron chi connectivity index (χ3n) is 8.32. The van der Waals surface area contributed by atoms with E-state index in [0.29, 0.717) is 42.4 Å². The van der Waals surface area contributed by atoms with Crippen LogP contribution in [0.1, 0.15) is 69.9 Å². The summed E-state index contributed by atoms with van der Waals surface area (Å²) in [6.07, 6.45) is 0.713. The lowest BCUT2D eigenvalue weighted by molar-refractivity contribution is -0.171. The molecule has 3 heterocycles. The second kappa shape index (κ2) is 18.4. The van der Waals surface area contributed by atoms with Gasteiger partial charge in [0.25, 0.3) is 11.5 Å². The first kappa shape index (κ1) is 40.5. The molecule has 2 atom stereocenters. The van der Waals surface area contributed by atoms with Crippen molar-refractivity contribution in [2.75, 3.05) is 30.7 Å². The van der Waals surface area contributed by atoms with E-state index in [9.17, 15) is 24.6 Å². The van der Waals surface area contributed by atoms with Crippen LogP contribution in [0.4, 0.5) is 11.6 Å². The van der Waals surface area contributed by atoms with Gasteiger partial charge in [0.15, 0.2) is 11.2 Å². The smallest absolute Gasteiger partial charge is 0.326 e.